The van der Waals surface area contributed by atoms with E-state index in [9.17, 15) is 0 Å². The molecule has 0 N–H and O–H groups in total. The minimum absolute atomic E-state index is 0.397. The third-order valence-corrected chi connectivity index (χ3v) is 3.07. The summed E-state index contributed by atoms with van der Waals surface area (Å²) in [4.78, 5) is 0. The number of benzene rings is 1. The summed E-state index contributed by atoms with van der Waals surface area (Å²) in [5, 5.41) is 16.8. The number of nitrogens with zero attached hydrogens (tertiary/aromatic N) is 3. The van der Waals surface area contributed by atoms with Gasteiger partial charge in [0.05, 0.1) is 18.7 Å². The molecule has 0 fully saturated rings. The Hall–Kier alpha value is -1.65. The van der Waals surface area contributed by atoms with Gasteiger partial charge >= 0.3 is 0 Å². The van der Waals surface area contributed by atoms with E-state index in [1.807, 2.05) is 6.07 Å². The number of halogens is 1. The van der Waals surface area contributed by atoms with Crippen molar-refractivity contribution in [1.29, 1.82) is 5.26 Å². The minimum Gasteiger partial charge on any atom is -0.497 e. The smallest absolute Gasteiger partial charge is 0.300 e. The van der Waals surface area contributed by atoms with Crippen LogP contribution in [0.5, 0.6) is 16.7 Å². The molecule has 0 radical (unpaired) electrons. The lowest BCUT2D eigenvalue weighted by molar-refractivity contribution is 0.408. The fourth-order valence-electron chi connectivity index (χ4n) is 1.15. The van der Waals surface area contributed by atoms with Gasteiger partial charge in [-0.3, -0.25) is 0 Å². The van der Waals surface area contributed by atoms with Crippen LogP contribution in [0.2, 0.25) is 0 Å². The normalized spacial score (nSPS) is 9.71. The summed E-state index contributed by atoms with van der Waals surface area (Å²) in [6.45, 7) is 0. The first-order valence-corrected chi connectivity index (χ1v) is 6.08. The van der Waals surface area contributed by atoms with E-state index in [-0.39, 0.29) is 0 Å². The molecule has 1 aromatic carbocycles. The zero-order chi connectivity index (χ0) is 12.3. The molecule has 7 heteroatoms. The van der Waals surface area contributed by atoms with Gasteiger partial charge in [-0.25, -0.2) is 0 Å². The number of rotatable bonds is 3. The Morgan fingerprint density at radius 3 is 2.65 bits per heavy atom. The van der Waals surface area contributed by atoms with Crippen LogP contribution in [0.4, 0.5) is 0 Å². The van der Waals surface area contributed by atoms with E-state index in [0.717, 1.165) is 0 Å². The number of ether oxygens (including phenoxy) is 2. The summed E-state index contributed by atoms with van der Waals surface area (Å²) >= 11 is 4.45. The van der Waals surface area contributed by atoms with Gasteiger partial charge < -0.3 is 9.47 Å². The van der Waals surface area contributed by atoms with Crippen LogP contribution in [0.3, 0.4) is 0 Å². The summed E-state index contributed by atoms with van der Waals surface area (Å²) in [7, 11) is 1.53. The largest absolute Gasteiger partial charge is 0.497 e. The van der Waals surface area contributed by atoms with Gasteiger partial charge in [-0.2, -0.15) is 5.26 Å². The van der Waals surface area contributed by atoms with Gasteiger partial charge in [0.15, 0.2) is 3.92 Å². The summed E-state index contributed by atoms with van der Waals surface area (Å²) in [5.41, 5.74) is 0.461. The predicted molar refractivity (Wildman–Crippen MR) is 65.4 cm³/mol. The number of aromatic nitrogens is 2. The molecule has 0 spiro atoms. The summed E-state index contributed by atoms with van der Waals surface area (Å²) < 4.78 is 11.2. The highest BCUT2D eigenvalue weighted by Gasteiger charge is 2.07. The SMILES string of the molecule is COc1cc(C#N)cc(Oc2nnc(Br)s2)c1. The molecule has 2 rings (SSSR count). The average molecular weight is 312 g/mol. The molecule has 0 aliphatic heterocycles. The van der Waals surface area contributed by atoms with Crippen molar-refractivity contribution in [2.24, 2.45) is 0 Å². The van der Waals surface area contributed by atoms with Crippen LogP contribution >= 0.6 is 27.3 Å². The molecular formula is C10H6BrN3O2S. The van der Waals surface area contributed by atoms with Gasteiger partial charge in [0.2, 0.25) is 0 Å². The second kappa shape index (κ2) is 5.12. The maximum Gasteiger partial charge on any atom is 0.300 e. The molecule has 0 aliphatic rings. The summed E-state index contributed by atoms with van der Waals surface area (Å²) in [6.07, 6.45) is 0. The Morgan fingerprint density at radius 1 is 1.29 bits per heavy atom. The Labute approximate surface area is 110 Å². The molecule has 2 aromatic rings. The van der Waals surface area contributed by atoms with E-state index >= 15 is 0 Å². The van der Waals surface area contributed by atoms with Crippen molar-refractivity contribution in [2.45, 2.75) is 0 Å². The summed E-state index contributed by atoms with van der Waals surface area (Å²) in [6, 6.07) is 6.94. The van der Waals surface area contributed by atoms with Crippen LogP contribution in [0, 0.1) is 11.3 Å². The van der Waals surface area contributed by atoms with Crippen LogP contribution in [0.15, 0.2) is 22.1 Å². The first kappa shape index (κ1) is 11.8. The average Bonchev–Trinajstić information content (AvgIpc) is 2.74. The van der Waals surface area contributed by atoms with E-state index in [2.05, 4.69) is 26.1 Å². The van der Waals surface area contributed by atoms with Crippen molar-refractivity contribution in [3.63, 3.8) is 0 Å². The van der Waals surface area contributed by atoms with Crippen molar-refractivity contribution in [3.05, 3.63) is 27.7 Å². The molecule has 0 aliphatic carbocycles. The zero-order valence-corrected chi connectivity index (χ0v) is 11.1. The third kappa shape index (κ3) is 2.93. The van der Waals surface area contributed by atoms with Gasteiger partial charge in [-0.05, 0) is 39.4 Å². The highest BCUT2D eigenvalue weighted by Crippen LogP contribution is 2.30. The molecule has 0 bridgehead atoms. The highest BCUT2D eigenvalue weighted by molar-refractivity contribution is 9.11. The molecular weight excluding hydrogens is 306 g/mol. The number of methoxy groups -OCH3 is 1. The molecule has 0 atom stereocenters. The van der Waals surface area contributed by atoms with Crippen molar-refractivity contribution in [2.75, 3.05) is 7.11 Å². The second-order valence-electron chi connectivity index (χ2n) is 2.93. The molecule has 0 amide bonds. The van der Waals surface area contributed by atoms with Crippen molar-refractivity contribution < 1.29 is 9.47 Å². The Morgan fingerprint density at radius 2 is 2.06 bits per heavy atom. The van der Waals surface area contributed by atoms with E-state index in [1.54, 1.807) is 18.2 Å². The van der Waals surface area contributed by atoms with E-state index < -0.39 is 0 Å². The van der Waals surface area contributed by atoms with E-state index in [1.165, 1.54) is 18.4 Å². The monoisotopic (exact) mass is 311 g/mol. The van der Waals surface area contributed by atoms with Crippen LogP contribution in [0.1, 0.15) is 5.56 Å². The fourth-order valence-corrected chi connectivity index (χ4v) is 2.09. The van der Waals surface area contributed by atoms with Crippen molar-refractivity contribution in [3.8, 4) is 22.8 Å². The molecule has 1 aromatic heterocycles. The van der Waals surface area contributed by atoms with E-state index in [4.69, 9.17) is 14.7 Å². The summed E-state index contributed by atoms with van der Waals surface area (Å²) in [5.74, 6) is 1.05. The van der Waals surface area contributed by atoms with Gasteiger partial charge in [-0.1, -0.05) is 5.10 Å². The van der Waals surface area contributed by atoms with Crippen LogP contribution in [-0.2, 0) is 0 Å². The van der Waals surface area contributed by atoms with Gasteiger partial charge in [0, 0.05) is 6.07 Å². The maximum atomic E-state index is 8.86. The van der Waals surface area contributed by atoms with Crippen LogP contribution in [-0.4, -0.2) is 17.3 Å². The number of nitriles is 1. The molecule has 17 heavy (non-hydrogen) atoms. The quantitative estimate of drug-likeness (QED) is 0.871. The molecule has 0 unspecified atom stereocenters. The van der Waals surface area contributed by atoms with E-state index in [0.29, 0.717) is 26.2 Å². The standard InChI is InChI=1S/C10H6BrN3O2S/c1-15-7-2-6(5-12)3-8(4-7)16-10-14-13-9(11)17-10/h2-4H,1H3. The zero-order valence-electron chi connectivity index (χ0n) is 8.68. The number of hydrogen-bond acceptors (Lipinski definition) is 6. The first-order valence-electron chi connectivity index (χ1n) is 4.47. The van der Waals surface area contributed by atoms with Crippen molar-refractivity contribution in [1.82, 2.24) is 10.2 Å². The van der Waals surface area contributed by atoms with Gasteiger partial charge in [-0.15, -0.1) is 5.10 Å². The lowest BCUT2D eigenvalue weighted by Gasteiger charge is -2.04. The fraction of sp³-hybridized carbons (Fsp3) is 0.100. The molecule has 0 saturated heterocycles. The Kier molecular flexibility index (Phi) is 3.56. The predicted octanol–water partition coefficient (Wildman–Crippen LogP) is 2.97. The minimum atomic E-state index is 0.397. The molecule has 1 heterocycles. The Balaban J connectivity index is 2.29. The van der Waals surface area contributed by atoms with Crippen LogP contribution < -0.4 is 9.47 Å². The molecule has 5 nitrogen and oxygen atoms in total. The molecule has 0 saturated carbocycles. The van der Waals surface area contributed by atoms with Gasteiger partial charge in [0.25, 0.3) is 5.19 Å². The second-order valence-corrected chi connectivity index (χ2v) is 5.15. The lowest BCUT2D eigenvalue weighted by atomic mass is 10.2. The third-order valence-electron chi connectivity index (χ3n) is 1.83. The maximum absolute atomic E-state index is 8.86. The first-order chi connectivity index (χ1) is 8.21. The van der Waals surface area contributed by atoms with Crippen LogP contribution in [0.25, 0.3) is 0 Å². The topological polar surface area (TPSA) is 68.0 Å². The molecule has 86 valence electrons. The Bertz CT molecular complexity index is 579. The lowest BCUT2D eigenvalue weighted by Crippen LogP contribution is -1.88. The highest BCUT2D eigenvalue weighted by atomic mass is 79.9. The number of hydrogen-bond donors (Lipinski definition) is 0. The van der Waals surface area contributed by atoms with Crippen molar-refractivity contribution >= 4 is 27.3 Å². The van der Waals surface area contributed by atoms with Gasteiger partial charge in [0.1, 0.15) is 11.5 Å².